The molecule has 3 rings (SSSR count). The molecule has 2 unspecified atom stereocenters. The molecule has 1 N–H and O–H groups in total. The summed E-state index contributed by atoms with van der Waals surface area (Å²) in [6, 6.07) is 8.23. The maximum absolute atomic E-state index is 12.7. The standard InChI is InChI=1S/C16H21BrN2O2/c1-2-21-15(20)16(8-10-19-9-4-7-14(16)19)18-13-6-3-5-12(17)11-13/h3,5-6,11,14,18H,2,4,7-10H2,1H3. The molecule has 0 aromatic heterocycles. The Kier molecular flexibility index (Phi) is 4.22. The average molecular weight is 353 g/mol. The molecule has 1 aromatic rings. The highest BCUT2D eigenvalue weighted by Gasteiger charge is 2.55. The highest BCUT2D eigenvalue weighted by atomic mass is 79.9. The van der Waals surface area contributed by atoms with Crippen molar-refractivity contribution in [3.8, 4) is 0 Å². The van der Waals surface area contributed by atoms with E-state index in [1.165, 1.54) is 0 Å². The van der Waals surface area contributed by atoms with Crippen LogP contribution in [0.15, 0.2) is 28.7 Å². The SMILES string of the molecule is CCOC(=O)C1(Nc2cccc(Br)c2)CCN2CCCC21. The van der Waals surface area contributed by atoms with Crippen LogP contribution in [0.3, 0.4) is 0 Å². The van der Waals surface area contributed by atoms with Crippen molar-refractivity contribution < 1.29 is 9.53 Å². The fourth-order valence-electron chi connectivity index (χ4n) is 3.66. The highest BCUT2D eigenvalue weighted by Crippen LogP contribution is 2.39. The van der Waals surface area contributed by atoms with Crippen molar-refractivity contribution in [3.05, 3.63) is 28.7 Å². The van der Waals surface area contributed by atoms with Gasteiger partial charge in [-0.1, -0.05) is 22.0 Å². The van der Waals surface area contributed by atoms with Crippen LogP contribution in [-0.4, -0.2) is 42.1 Å². The molecule has 5 heteroatoms. The van der Waals surface area contributed by atoms with Gasteiger partial charge in [0.05, 0.1) is 6.61 Å². The zero-order chi connectivity index (χ0) is 14.9. The molecule has 2 aliphatic heterocycles. The topological polar surface area (TPSA) is 41.6 Å². The normalized spacial score (nSPS) is 28.4. The average Bonchev–Trinajstić information content (AvgIpc) is 3.03. The molecule has 0 amide bonds. The lowest BCUT2D eigenvalue weighted by Gasteiger charge is -2.34. The van der Waals surface area contributed by atoms with Crippen LogP contribution in [0, 0.1) is 0 Å². The Morgan fingerprint density at radius 2 is 2.38 bits per heavy atom. The second kappa shape index (κ2) is 5.97. The molecule has 2 atom stereocenters. The van der Waals surface area contributed by atoms with Gasteiger partial charge >= 0.3 is 5.97 Å². The summed E-state index contributed by atoms with van der Waals surface area (Å²) in [6.45, 7) is 4.34. The minimum Gasteiger partial charge on any atom is -0.464 e. The molecule has 114 valence electrons. The van der Waals surface area contributed by atoms with E-state index in [4.69, 9.17) is 4.74 Å². The monoisotopic (exact) mass is 352 g/mol. The summed E-state index contributed by atoms with van der Waals surface area (Å²) in [6.07, 6.45) is 3.02. The van der Waals surface area contributed by atoms with Crippen LogP contribution >= 0.6 is 15.9 Å². The van der Waals surface area contributed by atoms with Crippen molar-refractivity contribution in [2.75, 3.05) is 25.0 Å². The lowest BCUT2D eigenvalue weighted by molar-refractivity contribution is -0.149. The zero-order valence-electron chi connectivity index (χ0n) is 12.3. The number of esters is 1. The first-order valence-electron chi connectivity index (χ1n) is 7.61. The number of hydrogen-bond acceptors (Lipinski definition) is 4. The highest BCUT2D eigenvalue weighted by molar-refractivity contribution is 9.10. The first kappa shape index (κ1) is 14.9. The van der Waals surface area contributed by atoms with Crippen molar-refractivity contribution in [3.63, 3.8) is 0 Å². The van der Waals surface area contributed by atoms with E-state index in [0.717, 1.165) is 42.5 Å². The lowest BCUT2D eigenvalue weighted by atomic mass is 9.88. The number of fused-ring (bicyclic) bond motifs is 1. The van der Waals surface area contributed by atoms with Crippen molar-refractivity contribution in [1.82, 2.24) is 4.90 Å². The first-order chi connectivity index (χ1) is 10.2. The van der Waals surface area contributed by atoms with E-state index in [1.807, 2.05) is 31.2 Å². The molecule has 0 saturated carbocycles. The molecule has 21 heavy (non-hydrogen) atoms. The molecule has 4 nitrogen and oxygen atoms in total. The zero-order valence-corrected chi connectivity index (χ0v) is 13.9. The van der Waals surface area contributed by atoms with Gasteiger partial charge in [0.2, 0.25) is 0 Å². The van der Waals surface area contributed by atoms with Crippen LogP contribution in [0.4, 0.5) is 5.69 Å². The summed E-state index contributed by atoms with van der Waals surface area (Å²) in [7, 11) is 0. The second-order valence-electron chi connectivity index (χ2n) is 5.77. The molecule has 2 fully saturated rings. The molecule has 0 aliphatic carbocycles. The summed E-state index contributed by atoms with van der Waals surface area (Å²) in [5.41, 5.74) is 0.360. The number of benzene rings is 1. The molecular weight excluding hydrogens is 332 g/mol. The number of carbonyl (C=O) groups excluding carboxylic acids is 1. The van der Waals surface area contributed by atoms with Crippen LogP contribution in [0.5, 0.6) is 0 Å². The summed E-state index contributed by atoms with van der Waals surface area (Å²) in [4.78, 5) is 15.1. The molecule has 0 spiro atoms. The number of nitrogens with one attached hydrogen (secondary N) is 1. The molecular formula is C16H21BrN2O2. The third-order valence-corrected chi connectivity index (χ3v) is 5.05. The Bertz CT molecular complexity index is 537. The Morgan fingerprint density at radius 3 is 3.14 bits per heavy atom. The smallest absolute Gasteiger partial charge is 0.333 e. The quantitative estimate of drug-likeness (QED) is 0.845. The minimum atomic E-state index is -0.604. The predicted molar refractivity (Wildman–Crippen MR) is 86.3 cm³/mol. The summed E-state index contributed by atoms with van der Waals surface area (Å²) in [5, 5.41) is 3.50. The van der Waals surface area contributed by atoms with E-state index in [1.54, 1.807) is 0 Å². The van der Waals surface area contributed by atoms with E-state index < -0.39 is 5.54 Å². The third-order valence-electron chi connectivity index (χ3n) is 4.56. The largest absolute Gasteiger partial charge is 0.464 e. The van der Waals surface area contributed by atoms with Crippen LogP contribution in [0.1, 0.15) is 26.2 Å². The van der Waals surface area contributed by atoms with E-state index in [2.05, 4.69) is 26.1 Å². The van der Waals surface area contributed by atoms with Gasteiger partial charge in [-0.15, -0.1) is 0 Å². The van der Waals surface area contributed by atoms with Crippen LogP contribution in [-0.2, 0) is 9.53 Å². The number of nitrogens with zero attached hydrogens (tertiary/aromatic N) is 1. The number of ether oxygens (including phenoxy) is 1. The Labute approximate surface area is 134 Å². The molecule has 0 bridgehead atoms. The van der Waals surface area contributed by atoms with Gasteiger partial charge in [-0.3, -0.25) is 4.90 Å². The molecule has 2 saturated heterocycles. The second-order valence-corrected chi connectivity index (χ2v) is 6.69. The number of anilines is 1. The number of carbonyl (C=O) groups is 1. The third kappa shape index (κ3) is 2.69. The minimum absolute atomic E-state index is 0.112. The van der Waals surface area contributed by atoms with Gasteiger partial charge < -0.3 is 10.1 Å². The van der Waals surface area contributed by atoms with Gasteiger partial charge in [0.25, 0.3) is 0 Å². The Balaban J connectivity index is 1.91. The van der Waals surface area contributed by atoms with Gasteiger partial charge in [0, 0.05) is 22.7 Å². The van der Waals surface area contributed by atoms with Crippen molar-refractivity contribution >= 4 is 27.6 Å². The van der Waals surface area contributed by atoms with Gasteiger partial charge in [-0.2, -0.15) is 0 Å². The number of rotatable bonds is 4. The van der Waals surface area contributed by atoms with Crippen LogP contribution < -0.4 is 5.32 Å². The van der Waals surface area contributed by atoms with Gasteiger partial charge in [0.15, 0.2) is 5.54 Å². The fourth-order valence-corrected chi connectivity index (χ4v) is 4.06. The van der Waals surface area contributed by atoms with E-state index in [9.17, 15) is 4.79 Å². The van der Waals surface area contributed by atoms with E-state index in [-0.39, 0.29) is 12.0 Å². The summed E-state index contributed by atoms with van der Waals surface area (Å²) in [5.74, 6) is -0.112. The molecule has 0 radical (unpaired) electrons. The number of hydrogen-bond donors (Lipinski definition) is 1. The fraction of sp³-hybridized carbons (Fsp3) is 0.562. The molecule has 1 aromatic carbocycles. The Hall–Kier alpha value is -1.07. The Morgan fingerprint density at radius 1 is 1.52 bits per heavy atom. The maximum Gasteiger partial charge on any atom is 0.333 e. The van der Waals surface area contributed by atoms with Gasteiger partial charge in [-0.05, 0) is 50.9 Å². The van der Waals surface area contributed by atoms with Crippen molar-refractivity contribution in [1.29, 1.82) is 0 Å². The van der Waals surface area contributed by atoms with E-state index in [0.29, 0.717) is 6.61 Å². The predicted octanol–water partition coefficient (Wildman–Crippen LogP) is 3.03. The lowest BCUT2D eigenvalue weighted by Crippen LogP contribution is -2.55. The first-order valence-corrected chi connectivity index (χ1v) is 8.40. The maximum atomic E-state index is 12.7. The van der Waals surface area contributed by atoms with Crippen molar-refractivity contribution in [2.45, 2.75) is 37.8 Å². The molecule has 2 heterocycles. The van der Waals surface area contributed by atoms with Gasteiger partial charge in [-0.25, -0.2) is 4.79 Å². The van der Waals surface area contributed by atoms with Gasteiger partial charge in [0.1, 0.15) is 0 Å². The number of halogens is 1. The summed E-state index contributed by atoms with van der Waals surface area (Å²) < 4.78 is 6.41. The van der Waals surface area contributed by atoms with E-state index >= 15 is 0 Å². The molecule has 2 aliphatic rings. The summed E-state index contributed by atoms with van der Waals surface area (Å²) >= 11 is 3.49. The van der Waals surface area contributed by atoms with Crippen LogP contribution in [0.25, 0.3) is 0 Å². The van der Waals surface area contributed by atoms with Crippen molar-refractivity contribution in [2.24, 2.45) is 0 Å². The van der Waals surface area contributed by atoms with Crippen LogP contribution in [0.2, 0.25) is 0 Å².